The van der Waals surface area contributed by atoms with Crippen molar-refractivity contribution in [1.29, 1.82) is 5.26 Å². The van der Waals surface area contributed by atoms with E-state index in [-0.39, 0.29) is 23.8 Å². The third-order valence-corrected chi connectivity index (χ3v) is 6.18. The summed E-state index contributed by atoms with van der Waals surface area (Å²) < 4.78 is 16.8. The maximum Gasteiger partial charge on any atom is 0.349 e. The molecule has 1 atom stereocenters. The number of halogens is 2. The molecule has 0 saturated carbocycles. The predicted molar refractivity (Wildman–Crippen MR) is 129 cm³/mol. The molecule has 0 aliphatic carbocycles. The van der Waals surface area contributed by atoms with Gasteiger partial charge in [0.15, 0.2) is 6.61 Å². The van der Waals surface area contributed by atoms with E-state index >= 15 is 0 Å². The second-order valence-electron chi connectivity index (χ2n) is 7.78. The number of carbonyl (C=O) groups is 1. The van der Waals surface area contributed by atoms with Crippen LogP contribution in [0, 0.1) is 25.2 Å². The van der Waals surface area contributed by atoms with E-state index in [1.807, 2.05) is 32.0 Å². The molecule has 8 heteroatoms. The van der Waals surface area contributed by atoms with Crippen molar-refractivity contribution >= 4 is 29.2 Å². The molecule has 2 N–H and O–H groups in total. The number of nitriles is 1. The van der Waals surface area contributed by atoms with Gasteiger partial charge in [0.05, 0.1) is 16.0 Å². The molecule has 0 spiro atoms. The summed E-state index contributed by atoms with van der Waals surface area (Å²) in [6, 6.07) is 17.9. The first-order chi connectivity index (χ1) is 16.3. The topological polar surface area (TPSA) is 94.6 Å². The van der Waals surface area contributed by atoms with Crippen molar-refractivity contribution in [2.45, 2.75) is 19.8 Å². The van der Waals surface area contributed by atoms with Crippen LogP contribution in [-0.2, 0) is 4.79 Å². The highest BCUT2D eigenvalue weighted by Crippen LogP contribution is 2.44. The number of nitrogens with zero attached hydrogens (tertiary/aromatic N) is 1. The number of hydrogen-bond acceptors (Lipinski definition) is 6. The first-order valence-electron chi connectivity index (χ1n) is 10.3. The maximum atomic E-state index is 12.4. The maximum absolute atomic E-state index is 12.4. The smallest absolute Gasteiger partial charge is 0.349 e. The van der Waals surface area contributed by atoms with Gasteiger partial charge in [0.25, 0.3) is 0 Å². The average Bonchev–Trinajstić information content (AvgIpc) is 2.79. The highest BCUT2D eigenvalue weighted by molar-refractivity contribution is 6.42. The highest BCUT2D eigenvalue weighted by atomic mass is 35.5. The van der Waals surface area contributed by atoms with Gasteiger partial charge in [0.1, 0.15) is 28.9 Å². The van der Waals surface area contributed by atoms with Gasteiger partial charge in [-0.15, -0.1) is 0 Å². The molecular formula is C26H20Cl2N2O4. The minimum absolute atomic E-state index is 0.0343. The fourth-order valence-electron chi connectivity index (χ4n) is 3.85. The van der Waals surface area contributed by atoms with E-state index in [1.165, 1.54) is 0 Å². The van der Waals surface area contributed by atoms with Crippen LogP contribution in [0.25, 0.3) is 0 Å². The Bertz CT molecular complexity index is 1340. The monoisotopic (exact) mass is 494 g/mol. The second-order valence-corrected chi connectivity index (χ2v) is 8.60. The van der Waals surface area contributed by atoms with E-state index in [9.17, 15) is 10.1 Å². The number of esters is 1. The SMILES string of the molecule is Cc1cccc(C)c1OCC(=O)Oc1ccc2c(c1)OC(N)=C(C#N)C2c1ccc(Cl)c(Cl)c1. The zero-order chi connectivity index (χ0) is 24.4. The molecule has 0 bridgehead atoms. The predicted octanol–water partition coefficient (Wildman–Crippen LogP) is 5.81. The van der Waals surface area contributed by atoms with Crippen LogP contribution in [-0.4, -0.2) is 12.6 Å². The number of rotatable bonds is 5. The third kappa shape index (κ3) is 4.67. The van der Waals surface area contributed by atoms with Crippen LogP contribution in [0.5, 0.6) is 17.2 Å². The summed E-state index contributed by atoms with van der Waals surface area (Å²) in [4.78, 5) is 12.4. The Morgan fingerprint density at radius 2 is 1.82 bits per heavy atom. The standard InChI is InChI=1S/C26H20Cl2N2O4/c1-14-4-3-5-15(2)25(14)32-13-23(31)33-17-7-8-18-22(11-17)34-26(30)19(12-29)24(18)16-6-9-20(27)21(28)10-16/h3-11,24H,13,30H2,1-2H3. The fourth-order valence-corrected chi connectivity index (χ4v) is 4.16. The minimum Gasteiger partial charge on any atom is -0.481 e. The number of para-hydroxylation sites is 1. The van der Waals surface area contributed by atoms with Gasteiger partial charge in [-0.25, -0.2) is 4.79 Å². The van der Waals surface area contributed by atoms with Crippen LogP contribution in [0.1, 0.15) is 28.2 Å². The van der Waals surface area contributed by atoms with Gasteiger partial charge in [-0.3, -0.25) is 0 Å². The van der Waals surface area contributed by atoms with Crippen LogP contribution >= 0.6 is 23.2 Å². The molecular weight excluding hydrogens is 475 g/mol. The van der Waals surface area contributed by atoms with Crippen LogP contribution in [0.3, 0.4) is 0 Å². The molecule has 1 heterocycles. The summed E-state index contributed by atoms with van der Waals surface area (Å²) in [5.74, 6) is 0.164. The Labute approximate surface area is 207 Å². The average molecular weight is 495 g/mol. The highest BCUT2D eigenvalue weighted by Gasteiger charge is 2.31. The minimum atomic E-state index is -0.569. The van der Waals surface area contributed by atoms with E-state index in [2.05, 4.69) is 6.07 Å². The Morgan fingerprint density at radius 3 is 2.50 bits per heavy atom. The molecule has 1 aliphatic heterocycles. The number of benzene rings is 3. The lowest BCUT2D eigenvalue weighted by Crippen LogP contribution is -2.22. The van der Waals surface area contributed by atoms with Crippen molar-refractivity contribution < 1.29 is 19.0 Å². The molecule has 0 radical (unpaired) electrons. The van der Waals surface area contributed by atoms with Gasteiger partial charge in [-0.1, -0.05) is 53.5 Å². The number of carbonyl (C=O) groups excluding carboxylic acids is 1. The molecule has 1 aliphatic rings. The number of aryl methyl sites for hydroxylation is 2. The van der Waals surface area contributed by atoms with Crippen molar-refractivity contribution in [3.05, 3.63) is 98.4 Å². The van der Waals surface area contributed by atoms with Gasteiger partial charge in [-0.05, 0) is 48.7 Å². The normalized spacial score (nSPS) is 14.6. The molecule has 0 fully saturated rings. The van der Waals surface area contributed by atoms with Crippen LogP contribution in [0.15, 0.2) is 66.1 Å². The van der Waals surface area contributed by atoms with Crippen molar-refractivity contribution in [2.24, 2.45) is 5.73 Å². The lowest BCUT2D eigenvalue weighted by Gasteiger charge is -2.27. The van der Waals surface area contributed by atoms with Crippen molar-refractivity contribution in [1.82, 2.24) is 0 Å². The molecule has 4 rings (SSSR count). The van der Waals surface area contributed by atoms with E-state index in [0.717, 1.165) is 16.7 Å². The molecule has 3 aromatic rings. The lowest BCUT2D eigenvalue weighted by atomic mass is 9.83. The zero-order valence-electron chi connectivity index (χ0n) is 18.4. The van der Waals surface area contributed by atoms with Gasteiger partial charge < -0.3 is 19.9 Å². The summed E-state index contributed by atoms with van der Waals surface area (Å²) in [5, 5.41) is 10.5. The molecule has 0 saturated heterocycles. The molecule has 6 nitrogen and oxygen atoms in total. The Kier molecular flexibility index (Phi) is 6.69. The number of nitrogens with two attached hydrogens (primary N) is 1. The van der Waals surface area contributed by atoms with Crippen molar-refractivity contribution in [3.8, 4) is 23.3 Å². The van der Waals surface area contributed by atoms with Gasteiger partial charge in [0.2, 0.25) is 5.88 Å². The van der Waals surface area contributed by atoms with Gasteiger partial charge in [-0.2, -0.15) is 5.26 Å². The third-order valence-electron chi connectivity index (χ3n) is 5.44. The van der Waals surface area contributed by atoms with E-state index in [1.54, 1.807) is 36.4 Å². The number of ether oxygens (including phenoxy) is 3. The Morgan fingerprint density at radius 1 is 1.09 bits per heavy atom. The number of allylic oxidation sites excluding steroid dienone is 1. The summed E-state index contributed by atoms with van der Waals surface area (Å²) in [5.41, 5.74) is 9.55. The zero-order valence-corrected chi connectivity index (χ0v) is 19.9. The van der Waals surface area contributed by atoms with Crippen molar-refractivity contribution in [2.75, 3.05) is 6.61 Å². The largest absolute Gasteiger partial charge is 0.481 e. The summed E-state index contributed by atoms with van der Waals surface area (Å²) in [6.45, 7) is 3.56. The molecule has 1 unspecified atom stereocenters. The first-order valence-corrected chi connectivity index (χ1v) is 11.1. The molecule has 0 aromatic heterocycles. The Hall–Kier alpha value is -3.66. The lowest BCUT2D eigenvalue weighted by molar-refractivity contribution is -0.136. The molecule has 3 aromatic carbocycles. The van der Waals surface area contributed by atoms with Crippen LogP contribution in [0.4, 0.5) is 0 Å². The Balaban J connectivity index is 1.57. The molecule has 0 amide bonds. The summed E-state index contributed by atoms with van der Waals surface area (Å²) >= 11 is 12.3. The quantitative estimate of drug-likeness (QED) is 0.355. The van der Waals surface area contributed by atoms with E-state index in [0.29, 0.717) is 27.1 Å². The van der Waals surface area contributed by atoms with Gasteiger partial charge >= 0.3 is 5.97 Å². The number of hydrogen-bond donors (Lipinski definition) is 1. The second kappa shape index (κ2) is 9.68. The van der Waals surface area contributed by atoms with E-state index in [4.69, 9.17) is 43.1 Å². The summed E-state index contributed by atoms with van der Waals surface area (Å²) in [7, 11) is 0. The number of fused-ring (bicyclic) bond motifs is 1. The fraction of sp³-hybridized carbons (Fsp3) is 0.154. The molecule has 172 valence electrons. The van der Waals surface area contributed by atoms with Crippen LogP contribution in [0.2, 0.25) is 10.0 Å². The first kappa shape index (κ1) is 23.5. The molecule has 34 heavy (non-hydrogen) atoms. The summed E-state index contributed by atoms with van der Waals surface area (Å²) in [6.07, 6.45) is 0. The van der Waals surface area contributed by atoms with E-state index < -0.39 is 11.9 Å². The van der Waals surface area contributed by atoms with Crippen molar-refractivity contribution in [3.63, 3.8) is 0 Å². The van der Waals surface area contributed by atoms with Crippen LogP contribution < -0.4 is 19.9 Å². The van der Waals surface area contributed by atoms with Gasteiger partial charge in [0, 0.05) is 11.6 Å².